The molecule has 23 heavy (non-hydrogen) atoms. The summed E-state index contributed by atoms with van der Waals surface area (Å²) < 4.78 is 0. The highest BCUT2D eigenvalue weighted by Crippen LogP contribution is 2.34. The highest BCUT2D eigenvalue weighted by molar-refractivity contribution is 8.29. The quantitative estimate of drug-likeness (QED) is 0.461. The fourth-order valence-electron chi connectivity index (χ4n) is 1.99. The van der Waals surface area contributed by atoms with Gasteiger partial charge in [-0.25, -0.2) is 0 Å². The standard InChI is InChI=1S/C18H26S3Si2/c1-22(2,3)20-17-11-7-15(8-12-17)19-16-9-13-18(14-10-16)21-23(4,5)6/h7-14H,1-6H3. The molecule has 0 aliphatic heterocycles. The molecule has 0 nitrogen and oxygen atoms in total. The largest absolute Gasteiger partial charge is 0.152 e. The summed E-state index contributed by atoms with van der Waals surface area (Å²) in [7, 11) is -2.21. The van der Waals surface area contributed by atoms with Crippen LogP contribution in [-0.2, 0) is 0 Å². The van der Waals surface area contributed by atoms with Gasteiger partial charge in [-0.3, -0.25) is 0 Å². The Balaban J connectivity index is 1.99. The monoisotopic (exact) mass is 394 g/mol. The van der Waals surface area contributed by atoms with Crippen molar-refractivity contribution in [1.29, 1.82) is 0 Å². The van der Waals surface area contributed by atoms with Crippen molar-refractivity contribution in [3.8, 4) is 0 Å². The van der Waals surface area contributed by atoms with Gasteiger partial charge in [0.1, 0.15) is 14.4 Å². The van der Waals surface area contributed by atoms with E-state index in [4.69, 9.17) is 0 Å². The molecule has 0 N–H and O–H groups in total. The number of hydrogen-bond donors (Lipinski definition) is 0. The third kappa shape index (κ3) is 7.56. The van der Waals surface area contributed by atoms with Crippen molar-refractivity contribution >= 4 is 48.6 Å². The normalized spacial score (nSPS) is 12.4. The van der Waals surface area contributed by atoms with Crippen molar-refractivity contribution in [3.05, 3.63) is 48.5 Å². The SMILES string of the molecule is C[Si](C)(C)Sc1ccc(Sc2ccc(S[Si](C)(C)C)cc2)cc1. The van der Waals surface area contributed by atoms with Crippen LogP contribution in [0.2, 0.25) is 39.3 Å². The lowest BCUT2D eigenvalue weighted by Crippen LogP contribution is -2.13. The zero-order valence-corrected chi connectivity index (χ0v) is 19.3. The van der Waals surface area contributed by atoms with Crippen molar-refractivity contribution in [2.45, 2.75) is 58.9 Å². The van der Waals surface area contributed by atoms with Crippen LogP contribution < -0.4 is 0 Å². The van der Waals surface area contributed by atoms with E-state index in [1.165, 1.54) is 19.6 Å². The van der Waals surface area contributed by atoms with Crippen molar-refractivity contribution < 1.29 is 0 Å². The molecule has 0 saturated carbocycles. The molecule has 0 aromatic heterocycles. The van der Waals surface area contributed by atoms with Crippen LogP contribution in [0.25, 0.3) is 0 Å². The predicted octanol–water partition coefficient (Wildman–Crippen LogP) is 7.69. The summed E-state index contributed by atoms with van der Waals surface area (Å²) in [6, 6.07) is 18.0. The number of hydrogen-bond acceptors (Lipinski definition) is 3. The van der Waals surface area contributed by atoms with Crippen LogP contribution in [0.4, 0.5) is 0 Å². The second kappa shape index (κ2) is 7.87. The van der Waals surface area contributed by atoms with E-state index in [9.17, 15) is 0 Å². The Morgan fingerprint density at radius 3 is 1.00 bits per heavy atom. The molecular weight excluding hydrogens is 369 g/mol. The van der Waals surface area contributed by atoms with Crippen LogP contribution in [0.15, 0.2) is 68.1 Å². The summed E-state index contributed by atoms with van der Waals surface area (Å²) in [5.41, 5.74) is 0. The van der Waals surface area contributed by atoms with Crippen molar-refractivity contribution in [1.82, 2.24) is 0 Å². The van der Waals surface area contributed by atoms with E-state index in [1.807, 2.05) is 11.8 Å². The topological polar surface area (TPSA) is 0 Å². The van der Waals surface area contributed by atoms with Crippen molar-refractivity contribution in [2.24, 2.45) is 0 Å². The lowest BCUT2D eigenvalue weighted by atomic mass is 10.4. The fraction of sp³-hybridized carbons (Fsp3) is 0.333. The molecule has 0 atom stereocenters. The molecule has 0 fully saturated rings. The average Bonchev–Trinajstić information content (AvgIpc) is 2.40. The summed E-state index contributed by atoms with van der Waals surface area (Å²) in [6.45, 7) is 14.3. The maximum atomic E-state index is 2.39. The second-order valence-corrected chi connectivity index (χ2v) is 27.0. The molecule has 2 aromatic carbocycles. The van der Waals surface area contributed by atoms with Gasteiger partial charge in [0, 0.05) is 19.6 Å². The molecule has 0 spiro atoms. The van der Waals surface area contributed by atoms with Gasteiger partial charge >= 0.3 is 0 Å². The smallest absolute Gasteiger partial charge is 0.114 e. The first kappa shape index (κ1) is 19.3. The van der Waals surface area contributed by atoms with Gasteiger partial charge in [-0.05, 0) is 48.5 Å². The van der Waals surface area contributed by atoms with Gasteiger partial charge in [0.25, 0.3) is 0 Å². The lowest BCUT2D eigenvalue weighted by molar-refractivity contribution is 1.32. The molecule has 0 aliphatic rings. The zero-order chi connectivity index (χ0) is 17.1. The van der Waals surface area contributed by atoms with E-state index < -0.39 is 14.4 Å². The molecule has 0 unspecified atom stereocenters. The Kier molecular flexibility index (Phi) is 6.59. The molecule has 2 aromatic rings. The maximum absolute atomic E-state index is 2.39. The Labute approximate surface area is 155 Å². The highest BCUT2D eigenvalue weighted by Gasteiger charge is 2.15. The van der Waals surface area contributed by atoms with Crippen LogP contribution in [0.5, 0.6) is 0 Å². The third-order valence-electron chi connectivity index (χ3n) is 2.73. The third-order valence-corrected chi connectivity index (χ3v) is 11.1. The molecule has 124 valence electrons. The first-order valence-electron chi connectivity index (χ1n) is 7.87. The molecule has 0 bridgehead atoms. The Bertz CT molecular complexity index is 566. The Morgan fingerprint density at radius 1 is 0.478 bits per heavy atom. The first-order valence-corrected chi connectivity index (χ1v) is 18.8. The van der Waals surface area contributed by atoms with E-state index in [2.05, 4.69) is 110 Å². The van der Waals surface area contributed by atoms with Crippen molar-refractivity contribution in [2.75, 3.05) is 0 Å². The summed E-state index contributed by atoms with van der Waals surface area (Å²) in [6.07, 6.45) is 0. The molecule has 2 rings (SSSR count). The van der Waals surface area contributed by atoms with E-state index in [1.54, 1.807) is 0 Å². The Hall–Kier alpha value is -0.0762. The zero-order valence-electron chi connectivity index (χ0n) is 14.8. The van der Waals surface area contributed by atoms with Crippen LogP contribution in [0.1, 0.15) is 0 Å². The van der Waals surface area contributed by atoms with Crippen molar-refractivity contribution in [3.63, 3.8) is 0 Å². The van der Waals surface area contributed by atoms with Gasteiger partial charge < -0.3 is 0 Å². The number of rotatable bonds is 6. The second-order valence-electron chi connectivity index (χ2n) is 7.47. The minimum Gasteiger partial charge on any atom is -0.152 e. The lowest BCUT2D eigenvalue weighted by Gasteiger charge is -2.15. The summed E-state index contributed by atoms with van der Waals surface area (Å²) in [5, 5.41) is 0. The van der Waals surface area contributed by atoms with Gasteiger partial charge in [0.05, 0.1) is 0 Å². The van der Waals surface area contributed by atoms with Gasteiger partial charge in [-0.15, -0.1) is 0 Å². The molecule has 0 radical (unpaired) electrons. The van der Waals surface area contributed by atoms with Crippen LogP contribution >= 0.6 is 34.2 Å². The van der Waals surface area contributed by atoms with E-state index in [-0.39, 0.29) is 0 Å². The predicted molar refractivity (Wildman–Crippen MR) is 115 cm³/mol. The maximum Gasteiger partial charge on any atom is 0.114 e. The molecule has 0 amide bonds. The minimum atomic E-state index is -1.10. The summed E-state index contributed by atoms with van der Waals surface area (Å²) in [5.74, 6) is 0. The molecule has 0 heterocycles. The van der Waals surface area contributed by atoms with E-state index >= 15 is 0 Å². The fourth-order valence-corrected chi connectivity index (χ4v) is 9.83. The molecule has 5 heteroatoms. The molecule has 0 saturated heterocycles. The summed E-state index contributed by atoms with van der Waals surface area (Å²) >= 11 is 5.95. The average molecular weight is 395 g/mol. The van der Waals surface area contributed by atoms with Gasteiger partial charge in [0.15, 0.2) is 0 Å². The van der Waals surface area contributed by atoms with Gasteiger partial charge in [0.2, 0.25) is 0 Å². The van der Waals surface area contributed by atoms with Crippen LogP contribution in [0, 0.1) is 0 Å². The van der Waals surface area contributed by atoms with Crippen LogP contribution in [-0.4, -0.2) is 14.4 Å². The minimum absolute atomic E-state index is 1.10. The van der Waals surface area contributed by atoms with E-state index in [0.29, 0.717) is 0 Å². The summed E-state index contributed by atoms with van der Waals surface area (Å²) in [4.78, 5) is 5.43. The molecule has 0 aliphatic carbocycles. The Morgan fingerprint density at radius 2 is 0.739 bits per heavy atom. The highest BCUT2D eigenvalue weighted by atomic mass is 32.4. The van der Waals surface area contributed by atoms with Gasteiger partial charge in [-0.2, -0.15) is 22.4 Å². The van der Waals surface area contributed by atoms with E-state index in [0.717, 1.165) is 0 Å². The van der Waals surface area contributed by atoms with Gasteiger partial charge in [-0.1, -0.05) is 51.0 Å². The number of benzene rings is 2. The first-order chi connectivity index (χ1) is 10.6. The van der Waals surface area contributed by atoms with Crippen LogP contribution in [0.3, 0.4) is 0 Å². The molecular formula is C18H26S3Si2.